The van der Waals surface area contributed by atoms with Crippen molar-refractivity contribution in [2.45, 2.75) is 12.8 Å². The Balaban J connectivity index is 1.87. The summed E-state index contributed by atoms with van der Waals surface area (Å²) in [6, 6.07) is 5.34. The molecule has 0 radical (unpaired) electrons. The van der Waals surface area contributed by atoms with Crippen LogP contribution in [0.4, 0.5) is 11.4 Å². The number of nitrogens with one attached hydrogen (secondary N) is 2. The maximum atomic E-state index is 11.8. The van der Waals surface area contributed by atoms with E-state index in [0.717, 1.165) is 30.9 Å². The van der Waals surface area contributed by atoms with Gasteiger partial charge in [-0.3, -0.25) is 4.79 Å². The number of benzene rings is 1. The fraction of sp³-hybridized carbons (Fsp3) is 0.333. The van der Waals surface area contributed by atoms with Gasteiger partial charge in [0.15, 0.2) is 0 Å². The number of rotatable bonds is 6. The van der Waals surface area contributed by atoms with E-state index in [-0.39, 0.29) is 5.91 Å². The van der Waals surface area contributed by atoms with Crippen LogP contribution in [-0.4, -0.2) is 41.4 Å². The van der Waals surface area contributed by atoms with Gasteiger partial charge in [0.1, 0.15) is 5.82 Å². The van der Waals surface area contributed by atoms with Crippen molar-refractivity contribution in [2.75, 3.05) is 31.7 Å². The number of anilines is 2. The molecule has 1 aromatic heterocycles. The number of carbonyl (C=O) groups excluding carboxylic acids is 1. The van der Waals surface area contributed by atoms with Crippen LogP contribution in [0, 0.1) is 0 Å². The van der Waals surface area contributed by atoms with Crippen molar-refractivity contribution in [1.29, 1.82) is 0 Å². The van der Waals surface area contributed by atoms with Crippen molar-refractivity contribution in [3.05, 3.63) is 42.0 Å². The second-order valence-electron chi connectivity index (χ2n) is 5.07. The number of carbonyl (C=O) groups is 1. The number of aryl methyl sites for hydroxylation is 1. The summed E-state index contributed by atoms with van der Waals surface area (Å²) >= 11 is 0. The van der Waals surface area contributed by atoms with E-state index in [4.69, 9.17) is 5.73 Å². The molecule has 6 nitrogen and oxygen atoms in total. The van der Waals surface area contributed by atoms with Crippen LogP contribution >= 0.6 is 0 Å². The molecule has 0 aliphatic heterocycles. The van der Waals surface area contributed by atoms with Gasteiger partial charge in [-0.1, -0.05) is 0 Å². The maximum absolute atomic E-state index is 11.8. The highest BCUT2D eigenvalue weighted by Gasteiger charge is 2.09. The van der Waals surface area contributed by atoms with Crippen molar-refractivity contribution >= 4 is 17.3 Å². The van der Waals surface area contributed by atoms with E-state index in [1.165, 1.54) is 4.90 Å². The molecule has 2 aromatic rings. The summed E-state index contributed by atoms with van der Waals surface area (Å²) in [5.41, 5.74) is 8.02. The van der Waals surface area contributed by atoms with Gasteiger partial charge >= 0.3 is 0 Å². The third kappa shape index (κ3) is 3.98. The van der Waals surface area contributed by atoms with Gasteiger partial charge in [0.2, 0.25) is 0 Å². The Labute approximate surface area is 124 Å². The first-order valence-corrected chi connectivity index (χ1v) is 6.91. The number of imidazole rings is 1. The molecule has 2 rings (SSSR count). The van der Waals surface area contributed by atoms with E-state index in [1.807, 2.05) is 12.3 Å². The van der Waals surface area contributed by atoms with Crippen LogP contribution in [0.2, 0.25) is 0 Å². The first-order valence-electron chi connectivity index (χ1n) is 6.91. The molecule has 0 aliphatic rings. The average molecular weight is 287 g/mol. The van der Waals surface area contributed by atoms with Gasteiger partial charge in [-0.05, 0) is 24.6 Å². The fourth-order valence-corrected chi connectivity index (χ4v) is 2.03. The molecule has 0 aliphatic carbocycles. The monoisotopic (exact) mass is 287 g/mol. The van der Waals surface area contributed by atoms with E-state index in [0.29, 0.717) is 11.3 Å². The van der Waals surface area contributed by atoms with Crippen molar-refractivity contribution in [3.8, 4) is 0 Å². The van der Waals surface area contributed by atoms with Gasteiger partial charge in [0, 0.05) is 45.0 Å². The Morgan fingerprint density at radius 1 is 1.43 bits per heavy atom. The van der Waals surface area contributed by atoms with E-state index in [2.05, 4.69) is 15.3 Å². The van der Waals surface area contributed by atoms with Crippen LogP contribution in [0.5, 0.6) is 0 Å². The number of nitrogens with two attached hydrogens (primary N) is 1. The highest BCUT2D eigenvalue weighted by Crippen LogP contribution is 2.20. The molecule has 1 heterocycles. The lowest BCUT2D eigenvalue weighted by atomic mass is 10.1. The van der Waals surface area contributed by atoms with Crippen LogP contribution in [0.25, 0.3) is 0 Å². The number of aromatic amines is 1. The van der Waals surface area contributed by atoms with Crippen LogP contribution in [0.15, 0.2) is 30.6 Å². The zero-order valence-electron chi connectivity index (χ0n) is 12.4. The molecule has 21 heavy (non-hydrogen) atoms. The minimum absolute atomic E-state index is 0.0499. The molecule has 0 spiro atoms. The van der Waals surface area contributed by atoms with Crippen molar-refractivity contribution < 1.29 is 4.79 Å². The predicted octanol–water partition coefficient (Wildman–Crippen LogP) is 1.74. The summed E-state index contributed by atoms with van der Waals surface area (Å²) in [5, 5.41) is 3.28. The Morgan fingerprint density at radius 3 is 2.86 bits per heavy atom. The van der Waals surface area contributed by atoms with E-state index in [9.17, 15) is 4.79 Å². The van der Waals surface area contributed by atoms with E-state index in [1.54, 1.807) is 32.4 Å². The molecule has 0 saturated carbocycles. The van der Waals surface area contributed by atoms with E-state index >= 15 is 0 Å². The molecule has 0 unspecified atom stereocenters. The molecule has 6 heteroatoms. The number of hydrogen-bond acceptors (Lipinski definition) is 4. The lowest BCUT2D eigenvalue weighted by molar-refractivity contribution is 0.0827. The second-order valence-corrected chi connectivity index (χ2v) is 5.07. The van der Waals surface area contributed by atoms with Gasteiger partial charge in [-0.2, -0.15) is 0 Å². The summed E-state index contributed by atoms with van der Waals surface area (Å²) in [6.07, 6.45) is 5.41. The van der Waals surface area contributed by atoms with Crippen LogP contribution in [0.3, 0.4) is 0 Å². The second kappa shape index (κ2) is 6.78. The topological polar surface area (TPSA) is 87.0 Å². The molecule has 4 N–H and O–H groups in total. The van der Waals surface area contributed by atoms with Gasteiger partial charge in [0.05, 0.1) is 11.4 Å². The third-order valence-electron chi connectivity index (χ3n) is 3.17. The molecular formula is C15H21N5O. The molecule has 1 aromatic carbocycles. The number of nitrogens with zero attached hydrogens (tertiary/aromatic N) is 2. The Morgan fingerprint density at radius 2 is 2.24 bits per heavy atom. The van der Waals surface area contributed by atoms with Gasteiger partial charge in [0.25, 0.3) is 5.91 Å². The number of hydrogen-bond donors (Lipinski definition) is 3. The molecule has 0 bridgehead atoms. The minimum Gasteiger partial charge on any atom is -0.397 e. The molecule has 0 fully saturated rings. The zero-order valence-corrected chi connectivity index (χ0v) is 12.4. The first-order chi connectivity index (χ1) is 10.1. The molecule has 112 valence electrons. The van der Waals surface area contributed by atoms with Crippen LogP contribution in [-0.2, 0) is 6.42 Å². The summed E-state index contributed by atoms with van der Waals surface area (Å²) in [7, 11) is 3.44. The third-order valence-corrected chi connectivity index (χ3v) is 3.17. The smallest absolute Gasteiger partial charge is 0.253 e. The lowest BCUT2D eigenvalue weighted by Gasteiger charge is -2.13. The van der Waals surface area contributed by atoms with Crippen molar-refractivity contribution in [2.24, 2.45) is 0 Å². The number of aromatic nitrogens is 2. The van der Waals surface area contributed by atoms with Gasteiger partial charge in [-0.15, -0.1) is 0 Å². The normalized spacial score (nSPS) is 10.4. The molecule has 0 atom stereocenters. The summed E-state index contributed by atoms with van der Waals surface area (Å²) in [4.78, 5) is 20.6. The van der Waals surface area contributed by atoms with Crippen molar-refractivity contribution in [1.82, 2.24) is 14.9 Å². The van der Waals surface area contributed by atoms with E-state index < -0.39 is 0 Å². The van der Waals surface area contributed by atoms with Crippen molar-refractivity contribution in [3.63, 3.8) is 0 Å². The molecule has 1 amide bonds. The first kappa shape index (κ1) is 14.9. The lowest BCUT2D eigenvalue weighted by Crippen LogP contribution is -2.21. The fourth-order valence-electron chi connectivity index (χ4n) is 2.03. The molecular weight excluding hydrogens is 266 g/mol. The summed E-state index contributed by atoms with van der Waals surface area (Å²) in [5.74, 6) is 0.933. The average Bonchev–Trinajstić information content (AvgIpc) is 2.97. The number of amides is 1. The SMILES string of the molecule is CN(C)C(=O)c1ccc(NCCCc2ncc[nH]2)c(N)c1. The largest absolute Gasteiger partial charge is 0.397 e. The number of nitrogen functional groups attached to an aromatic ring is 1. The quantitative estimate of drug-likeness (QED) is 0.558. The Kier molecular flexibility index (Phi) is 4.81. The maximum Gasteiger partial charge on any atom is 0.253 e. The van der Waals surface area contributed by atoms with Crippen LogP contribution < -0.4 is 11.1 Å². The minimum atomic E-state index is -0.0499. The number of H-pyrrole nitrogens is 1. The summed E-state index contributed by atoms with van der Waals surface area (Å²) in [6.45, 7) is 0.797. The highest BCUT2D eigenvalue weighted by molar-refractivity contribution is 5.95. The Bertz CT molecular complexity index is 592. The van der Waals surface area contributed by atoms with Gasteiger partial charge < -0.3 is 20.9 Å². The predicted molar refractivity (Wildman–Crippen MR) is 84.3 cm³/mol. The highest BCUT2D eigenvalue weighted by atomic mass is 16.2. The van der Waals surface area contributed by atoms with Crippen LogP contribution in [0.1, 0.15) is 22.6 Å². The van der Waals surface area contributed by atoms with Gasteiger partial charge in [-0.25, -0.2) is 4.98 Å². The summed E-state index contributed by atoms with van der Waals surface area (Å²) < 4.78 is 0. The standard InChI is InChI=1S/C15H21N5O/c1-20(2)15(21)11-5-6-13(12(16)10-11)17-7-3-4-14-18-8-9-19-14/h5-6,8-10,17H,3-4,7,16H2,1-2H3,(H,18,19). The Hall–Kier alpha value is -2.50. The molecule has 0 saturated heterocycles. The zero-order chi connectivity index (χ0) is 15.2.